The molecule has 0 fully saturated rings. The van der Waals surface area contributed by atoms with Crippen molar-refractivity contribution in [3.05, 3.63) is 53.0 Å². The molecule has 2 heterocycles. The van der Waals surface area contributed by atoms with Crippen LogP contribution in [0.25, 0.3) is 0 Å². The fraction of sp³-hybridized carbons (Fsp3) is 0.188. The van der Waals surface area contributed by atoms with E-state index in [2.05, 4.69) is 21.6 Å². The largest absolute Gasteiger partial charge is 0.325 e. The van der Waals surface area contributed by atoms with E-state index in [-0.39, 0.29) is 5.91 Å². The predicted octanol–water partition coefficient (Wildman–Crippen LogP) is 3.60. The van der Waals surface area contributed by atoms with Crippen LogP contribution in [0, 0.1) is 0 Å². The zero-order chi connectivity index (χ0) is 16.1. The van der Waals surface area contributed by atoms with E-state index in [0.717, 1.165) is 22.2 Å². The molecule has 7 heteroatoms. The highest BCUT2D eigenvalue weighted by Gasteiger charge is 2.10. The summed E-state index contributed by atoms with van der Waals surface area (Å²) in [5.41, 5.74) is 0.802. The fourth-order valence-electron chi connectivity index (χ4n) is 2.03. The van der Waals surface area contributed by atoms with Crippen LogP contribution in [0.2, 0.25) is 0 Å². The predicted molar refractivity (Wildman–Crippen MR) is 92.8 cm³/mol. The molecule has 118 valence electrons. The van der Waals surface area contributed by atoms with Gasteiger partial charge in [0.2, 0.25) is 5.91 Å². The van der Waals surface area contributed by atoms with Gasteiger partial charge in [-0.3, -0.25) is 4.79 Å². The van der Waals surface area contributed by atoms with Gasteiger partial charge in [0.05, 0.1) is 5.69 Å². The maximum atomic E-state index is 12.2. The molecular weight excluding hydrogens is 328 g/mol. The molecule has 3 aromatic rings. The van der Waals surface area contributed by atoms with Gasteiger partial charge in [0.25, 0.3) is 0 Å². The van der Waals surface area contributed by atoms with Crippen LogP contribution in [0.4, 0.5) is 5.69 Å². The molecule has 0 bridgehead atoms. The van der Waals surface area contributed by atoms with Crippen molar-refractivity contribution in [2.45, 2.75) is 22.9 Å². The van der Waals surface area contributed by atoms with E-state index in [4.69, 9.17) is 0 Å². The lowest BCUT2D eigenvalue weighted by Crippen LogP contribution is -2.12. The van der Waals surface area contributed by atoms with Crippen LogP contribution >= 0.6 is 23.1 Å². The number of nitrogens with one attached hydrogen (secondary N) is 1. The van der Waals surface area contributed by atoms with Crippen molar-refractivity contribution in [2.75, 3.05) is 5.32 Å². The molecule has 1 aromatic carbocycles. The normalized spacial score (nSPS) is 10.7. The van der Waals surface area contributed by atoms with Crippen LogP contribution in [-0.2, 0) is 18.3 Å². The number of para-hydroxylation sites is 1. The van der Waals surface area contributed by atoms with Crippen molar-refractivity contribution in [3.8, 4) is 0 Å². The molecule has 0 radical (unpaired) electrons. The van der Waals surface area contributed by atoms with Gasteiger partial charge in [0.15, 0.2) is 5.16 Å². The number of thiophene rings is 1. The van der Waals surface area contributed by atoms with Crippen molar-refractivity contribution in [1.82, 2.24) is 14.8 Å². The van der Waals surface area contributed by atoms with Gasteiger partial charge in [0.1, 0.15) is 6.33 Å². The van der Waals surface area contributed by atoms with E-state index < -0.39 is 0 Å². The summed E-state index contributed by atoms with van der Waals surface area (Å²) in [5, 5.41) is 13.7. The molecule has 0 saturated carbocycles. The highest BCUT2D eigenvalue weighted by Crippen LogP contribution is 2.31. The molecule has 1 N–H and O–H groups in total. The highest BCUT2D eigenvalue weighted by molar-refractivity contribution is 7.99. The van der Waals surface area contributed by atoms with Crippen LogP contribution in [0.15, 0.2) is 58.2 Å². The standard InChI is InChI=1S/C16H16N4OS2/c1-20-11-17-19-16(20)23-14-7-3-2-6-13(14)18-15(21)9-8-12-5-4-10-22-12/h2-7,10-11H,8-9H2,1H3,(H,18,21). The minimum absolute atomic E-state index is 0.0180. The first kappa shape index (κ1) is 15.8. The number of aromatic nitrogens is 3. The topological polar surface area (TPSA) is 59.8 Å². The monoisotopic (exact) mass is 344 g/mol. The molecule has 23 heavy (non-hydrogen) atoms. The Morgan fingerprint density at radius 2 is 2.17 bits per heavy atom. The second kappa shape index (κ2) is 7.43. The molecule has 0 atom stereocenters. The van der Waals surface area contributed by atoms with Crippen molar-refractivity contribution in [3.63, 3.8) is 0 Å². The number of amides is 1. The van der Waals surface area contributed by atoms with Crippen molar-refractivity contribution >= 4 is 34.7 Å². The number of carbonyl (C=O) groups excluding carboxylic acids is 1. The van der Waals surface area contributed by atoms with Crippen LogP contribution in [0.1, 0.15) is 11.3 Å². The van der Waals surface area contributed by atoms with Crippen LogP contribution in [0.5, 0.6) is 0 Å². The number of anilines is 1. The Balaban J connectivity index is 1.65. The van der Waals surface area contributed by atoms with E-state index in [1.54, 1.807) is 17.7 Å². The van der Waals surface area contributed by atoms with Gasteiger partial charge in [0, 0.05) is 23.2 Å². The van der Waals surface area contributed by atoms with Crippen molar-refractivity contribution < 1.29 is 4.79 Å². The second-order valence-electron chi connectivity index (χ2n) is 4.95. The average Bonchev–Trinajstić information content (AvgIpc) is 3.20. The summed E-state index contributed by atoms with van der Waals surface area (Å²) in [4.78, 5) is 14.4. The van der Waals surface area contributed by atoms with Gasteiger partial charge in [-0.05, 0) is 41.8 Å². The van der Waals surface area contributed by atoms with E-state index in [1.165, 1.54) is 16.6 Å². The summed E-state index contributed by atoms with van der Waals surface area (Å²) >= 11 is 3.16. The molecular formula is C16H16N4OS2. The van der Waals surface area contributed by atoms with Gasteiger partial charge in [-0.2, -0.15) is 0 Å². The molecule has 0 spiro atoms. The Hall–Kier alpha value is -2.12. The molecule has 0 unspecified atom stereocenters. The summed E-state index contributed by atoms with van der Waals surface area (Å²) in [6.07, 6.45) is 2.90. The van der Waals surface area contributed by atoms with Gasteiger partial charge >= 0.3 is 0 Å². The first-order valence-corrected chi connectivity index (χ1v) is 8.85. The Morgan fingerprint density at radius 1 is 1.30 bits per heavy atom. The summed E-state index contributed by atoms with van der Waals surface area (Å²) in [6, 6.07) is 11.8. The lowest BCUT2D eigenvalue weighted by molar-refractivity contribution is -0.116. The second-order valence-corrected chi connectivity index (χ2v) is 6.99. The number of aryl methyl sites for hydroxylation is 2. The fourth-order valence-corrected chi connectivity index (χ4v) is 3.59. The lowest BCUT2D eigenvalue weighted by atomic mass is 10.2. The minimum atomic E-state index is 0.0180. The average molecular weight is 344 g/mol. The van der Waals surface area contributed by atoms with E-state index in [1.807, 2.05) is 47.3 Å². The third-order valence-electron chi connectivity index (χ3n) is 3.21. The molecule has 5 nitrogen and oxygen atoms in total. The third kappa shape index (κ3) is 4.20. The van der Waals surface area contributed by atoms with Gasteiger partial charge < -0.3 is 9.88 Å². The third-order valence-corrected chi connectivity index (χ3v) is 5.28. The molecule has 0 aliphatic carbocycles. The van der Waals surface area contributed by atoms with E-state index in [0.29, 0.717) is 6.42 Å². The number of benzene rings is 1. The van der Waals surface area contributed by atoms with Crippen LogP contribution in [-0.4, -0.2) is 20.7 Å². The molecule has 1 amide bonds. The van der Waals surface area contributed by atoms with Crippen molar-refractivity contribution in [1.29, 1.82) is 0 Å². The molecule has 0 saturated heterocycles. The Labute approximate surface area is 142 Å². The Bertz CT molecular complexity index is 783. The van der Waals surface area contributed by atoms with E-state index in [9.17, 15) is 4.79 Å². The van der Waals surface area contributed by atoms with Crippen molar-refractivity contribution in [2.24, 2.45) is 7.05 Å². The quantitative estimate of drug-likeness (QED) is 0.742. The summed E-state index contributed by atoms with van der Waals surface area (Å²) < 4.78 is 1.85. The number of carbonyl (C=O) groups is 1. The summed E-state index contributed by atoms with van der Waals surface area (Å²) in [5.74, 6) is 0.0180. The van der Waals surface area contributed by atoms with Gasteiger partial charge in [-0.25, -0.2) is 0 Å². The van der Waals surface area contributed by atoms with Gasteiger partial charge in [-0.15, -0.1) is 21.5 Å². The maximum Gasteiger partial charge on any atom is 0.224 e. The first-order chi connectivity index (χ1) is 11.2. The first-order valence-electron chi connectivity index (χ1n) is 7.15. The van der Waals surface area contributed by atoms with Crippen LogP contribution in [0.3, 0.4) is 0 Å². The number of rotatable bonds is 6. The summed E-state index contributed by atoms with van der Waals surface area (Å²) in [7, 11) is 1.89. The Morgan fingerprint density at radius 3 is 2.91 bits per heavy atom. The van der Waals surface area contributed by atoms with E-state index >= 15 is 0 Å². The summed E-state index contributed by atoms with van der Waals surface area (Å²) in [6.45, 7) is 0. The van der Waals surface area contributed by atoms with Crippen LogP contribution < -0.4 is 5.32 Å². The zero-order valence-corrected chi connectivity index (χ0v) is 14.2. The lowest BCUT2D eigenvalue weighted by Gasteiger charge is -2.10. The highest BCUT2D eigenvalue weighted by atomic mass is 32.2. The van der Waals surface area contributed by atoms with Gasteiger partial charge in [-0.1, -0.05) is 18.2 Å². The smallest absolute Gasteiger partial charge is 0.224 e. The minimum Gasteiger partial charge on any atom is -0.325 e. The maximum absolute atomic E-state index is 12.2. The zero-order valence-electron chi connectivity index (χ0n) is 12.6. The number of nitrogens with zero attached hydrogens (tertiary/aromatic N) is 3. The Kier molecular flexibility index (Phi) is 5.09. The molecule has 0 aliphatic rings. The number of hydrogen-bond donors (Lipinski definition) is 1. The number of hydrogen-bond acceptors (Lipinski definition) is 5. The molecule has 0 aliphatic heterocycles. The molecule has 3 rings (SSSR count). The molecule has 2 aromatic heterocycles. The SMILES string of the molecule is Cn1cnnc1Sc1ccccc1NC(=O)CCc1cccs1.